The molecule has 5 heteroatoms. The van der Waals surface area contributed by atoms with Gasteiger partial charge in [0.15, 0.2) is 5.69 Å². The second-order valence-corrected chi connectivity index (χ2v) is 5.52. The fourth-order valence-electron chi connectivity index (χ4n) is 2.86. The van der Waals surface area contributed by atoms with Crippen molar-refractivity contribution in [2.75, 3.05) is 26.7 Å². The highest BCUT2D eigenvalue weighted by Gasteiger charge is 2.21. The SMILES string of the molecule is CN(CC1CCCNC1)C(=O)c1n[nH]c2ccccc12. The Hall–Kier alpha value is -1.88. The first-order valence-corrected chi connectivity index (χ1v) is 7.15. The standard InChI is InChI=1S/C15H20N4O/c1-19(10-11-5-4-8-16-9-11)15(20)14-12-6-2-3-7-13(12)17-18-14/h2-3,6-7,11,16H,4-5,8-10H2,1H3,(H,17,18). The summed E-state index contributed by atoms with van der Waals surface area (Å²) in [6.07, 6.45) is 2.38. The highest BCUT2D eigenvalue weighted by Crippen LogP contribution is 2.18. The van der Waals surface area contributed by atoms with Gasteiger partial charge in [-0.1, -0.05) is 18.2 Å². The van der Waals surface area contributed by atoms with E-state index in [0.29, 0.717) is 11.6 Å². The van der Waals surface area contributed by atoms with E-state index in [1.54, 1.807) is 4.90 Å². The van der Waals surface area contributed by atoms with Crippen molar-refractivity contribution >= 4 is 16.8 Å². The van der Waals surface area contributed by atoms with Crippen LogP contribution in [0, 0.1) is 5.92 Å². The average Bonchev–Trinajstić information content (AvgIpc) is 2.91. The molecule has 0 spiro atoms. The Morgan fingerprint density at radius 1 is 1.45 bits per heavy atom. The van der Waals surface area contributed by atoms with Crippen LogP contribution in [-0.4, -0.2) is 47.7 Å². The van der Waals surface area contributed by atoms with Crippen LogP contribution in [-0.2, 0) is 0 Å². The highest BCUT2D eigenvalue weighted by atomic mass is 16.2. The molecule has 0 bridgehead atoms. The minimum Gasteiger partial charge on any atom is -0.340 e. The minimum atomic E-state index is -0.00646. The Balaban J connectivity index is 1.74. The first-order valence-electron chi connectivity index (χ1n) is 7.15. The number of hydrogen-bond acceptors (Lipinski definition) is 3. The second-order valence-electron chi connectivity index (χ2n) is 5.52. The maximum Gasteiger partial charge on any atom is 0.274 e. The topological polar surface area (TPSA) is 61.0 Å². The fourth-order valence-corrected chi connectivity index (χ4v) is 2.86. The van der Waals surface area contributed by atoms with Gasteiger partial charge in [0.2, 0.25) is 0 Å². The third-order valence-electron chi connectivity index (χ3n) is 3.95. The first kappa shape index (κ1) is 13.1. The number of fused-ring (bicyclic) bond motifs is 1. The number of para-hydroxylation sites is 1. The van der Waals surface area contributed by atoms with E-state index in [-0.39, 0.29) is 5.91 Å². The van der Waals surface area contributed by atoms with E-state index in [9.17, 15) is 4.79 Å². The molecule has 1 fully saturated rings. The summed E-state index contributed by atoms with van der Waals surface area (Å²) in [5.41, 5.74) is 1.43. The number of aromatic amines is 1. The molecule has 1 aliphatic heterocycles. The van der Waals surface area contributed by atoms with Gasteiger partial charge in [0.1, 0.15) is 0 Å². The van der Waals surface area contributed by atoms with E-state index >= 15 is 0 Å². The Labute approximate surface area is 118 Å². The van der Waals surface area contributed by atoms with Crippen LogP contribution in [0.2, 0.25) is 0 Å². The molecule has 1 atom stereocenters. The molecule has 2 heterocycles. The quantitative estimate of drug-likeness (QED) is 0.893. The summed E-state index contributed by atoms with van der Waals surface area (Å²) in [5.74, 6) is 0.538. The predicted octanol–water partition coefficient (Wildman–Crippen LogP) is 1.63. The van der Waals surface area contributed by atoms with Crippen LogP contribution in [0.25, 0.3) is 10.9 Å². The Morgan fingerprint density at radius 2 is 2.30 bits per heavy atom. The average molecular weight is 272 g/mol. The van der Waals surface area contributed by atoms with E-state index in [0.717, 1.165) is 30.5 Å². The number of carbonyl (C=O) groups is 1. The van der Waals surface area contributed by atoms with Gasteiger partial charge in [-0.2, -0.15) is 5.10 Å². The summed E-state index contributed by atoms with van der Waals surface area (Å²) in [6, 6.07) is 7.73. The monoisotopic (exact) mass is 272 g/mol. The molecule has 0 saturated carbocycles. The van der Waals surface area contributed by atoms with Crippen LogP contribution in [0.15, 0.2) is 24.3 Å². The number of rotatable bonds is 3. The molecule has 2 aromatic rings. The third-order valence-corrected chi connectivity index (χ3v) is 3.95. The van der Waals surface area contributed by atoms with E-state index in [1.165, 1.54) is 12.8 Å². The van der Waals surface area contributed by atoms with E-state index in [4.69, 9.17) is 0 Å². The molecule has 1 aromatic heterocycles. The zero-order valence-corrected chi connectivity index (χ0v) is 11.7. The van der Waals surface area contributed by atoms with Gasteiger partial charge in [-0.25, -0.2) is 0 Å². The van der Waals surface area contributed by atoms with Crippen molar-refractivity contribution in [3.05, 3.63) is 30.0 Å². The summed E-state index contributed by atoms with van der Waals surface area (Å²) in [7, 11) is 1.86. The number of amides is 1. The fraction of sp³-hybridized carbons (Fsp3) is 0.467. The van der Waals surface area contributed by atoms with Crippen LogP contribution < -0.4 is 5.32 Å². The summed E-state index contributed by atoms with van der Waals surface area (Å²) < 4.78 is 0. The summed E-state index contributed by atoms with van der Waals surface area (Å²) in [5, 5.41) is 11.4. The van der Waals surface area contributed by atoms with Crippen molar-refractivity contribution in [2.24, 2.45) is 5.92 Å². The molecule has 1 saturated heterocycles. The van der Waals surface area contributed by atoms with Gasteiger partial charge in [-0.05, 0) is 37.9 Å². The summed E-state index contributed by atoms with van der Waals surface area (Å²) >= 11 is 0. The first-order chi connectivity index (χ1) is 9.75. The van der Waals surface area contributed by atoms with Crippen LogP contribution >= 0.6 is 0 Å². The lowest BCUT2D eigenvalue weighted by atomic mass is 9.99. The predicted molar refractivity (Wildman–Crippen MR) is 78.6 cm³/mol. The Kier molecular flexibility index (Phi) is 3.69. The van der Waals surface area contributed by atoms with Gasteiger partial charge in [0, 0.05) is 19.0 Å². The molecule has 3 rings (SSSR count). The van der Waals surface area contributed by atoms with Crippen LogP contribution in [0.3, 0.4) is 0 Å². The van der Waals surface area contributed by atoms with Crippen molar-refractivity contribution in [1.82, 2.24) is 20.4 Å². The van der Waals surface area contributed by atoms with Gasteiger partial charge in [-0.15, -0.1) is 0 Å². The van der Waals surface area contributed by atoms with Crippen molar-refractivity contribution in [2.45, 2.75) is 12.8 Å². The molecule has 5 nitrogen and oxygen atoms in total. The third kappa shape index (κ3) is 2.54. The second kappa shape index (κ2) is 5.63. The molecule has 20 heavy (non-hydrogen) atoms. The van der Waals surface area contributed by atoms with Crippen molar-refractivity contribution in [1.29, 1.82) is 0 Å². The molecule has 0 radical (unpaired) electrons. The molecule has 1 aliphatic rings. The lowest BCUT2D eigenvalue weighted by Gasteiger charge is -2.27. The lowest BCUT2D eigenvalue weighted by molar-refractivity contribution is 0.0761. The van der Waals surface area contributed by atoms with E-state index in [2.05, 4.69) is 15.5 Å². The zero-order chi connectivity index (χ0) is 13.9. The number of H-pyrrole nitrogens is 1. The number of aromatic nitrogens is 2. The molecule has 1 amide bonds. The van der Waals surface area contributed by atoms with Crippen molar-refractivity contribution < 1.29 is 4.79 Å². The minimum absolute atomic E-state index is 0.00646. The lowest BCUT2D eigenvalue weighted by Crippen LogP contribution is -2.39. The maximum atomic E-state index is 12.5. The zero-order valence-electron chi connectivity index (χ0n) is 11.7. The van der Waals surface area contributed by atoms with Crippen LogP contribution in [0.5, 0.6) is 0 Å². The van der Waals surface area contributed by atoms with E-state index in [1.807, 2.05) is 31.3 Å². The van der Waals surface area contributed by atoms with E-state index < -0.39 is 0 Å². The molecule has 1 unspecified atom stereocenters. The van der Waals surface area contributed by atoms with Gasteiger partial charge in [0.05, 0.1) is 5.52 Å². The Bertz CT molecular complexity index is 601. The smallest absolute Gasteiger partial charge is 0.274 e. The maximum absolute atomic E-state index is 12.5. The van der Waals surface area contributed by atoms with Crippen LogP contribution in [0.1, 0.15) is 23.3 Å². The molecule has 0 aliphatic carbocycles. The van der Waals surface area contributed by atoms with Gasteiger partial charge >= 0.3 is 0 Å². The molecular weight excluding hydrogens is 252 g/mol. The van der Waals surface area contributed by atoms with Crippen molar-refractivity contribution in [3.8, 4) is 0 Å². The number of carbonyl (C=O) groups excluding carboxylic acids is 1. The Morgan fingerprint density at radius 3 is 3.10 bits per heavy atom. The van der Waals surface area contributed by atoms with Gasteiger partial charge in [-0.3, -0.25) is 9.89 Å². The van der Waals surface area contributed by atoms with Gasteiger partial charge < -0.3 is 10.2 Å². The molecule has 106 valence electrons. The highest BCUT2D eigenvalue weighted by molar-refractivity contribution is 6.04. The number of nitrogens with zero attached hydrogens (tertiary/aromatic N) is 2. The molecular formula is C15H20N4O. The summed E-state index contributed by atoms with van der Waals surface area (Å²) in [6.45, 7) is 2.88. The van der Waals surface area contributed by atoms with Crippen LogP contribution in [0.4, 0.5) is 0 Å². The molecule has 1 aromatic carbocycles. The number of nitrogens with one attached hydrogen (secondary N) is 2. The number of hydrogen-bond donors (Lipinski definition) is 2. The van der Waals surface area contributed by atoms with Gasteiger partial charge in [0.25, 0.3) is 5.91 Å². The molecule has 2 N–H and O–H groups in total. The normalized spacial score (nSPS) is 19.1. The number of benzene rings is 1. The summed E-state index contributed by atoms with van der Waals surface area (Å²) in [4.78, 5) is 14.3. The number of piperidine rings is 1. The van der Waals surface area contributed by atoms with Crippen molar-refractivity contribution in [3.63, 3.8) is 0 Å². The largest absolute Gasteiger partial charge is 0.340 e.